The first-order valence-corrected chi connectivity index (χ1v) is 5.47. The van der Waals surface area contributed by atoms with E-state index in [9.17, 15) is 4.79 Å². The van der Waals surface area contributed by atoms with Crippen LogP contribution in [0.25, 0.3) is 0 Å². The topological polar surface area (TPSA) is 46.9 Å². The average Bonchev–Trinajstić information content (AvgIpc) is 2.85. The second-order valence-corrected chi connectivity index (χ2v) is 4.10. The van der Waals surface area contributed by atoms with Crippen molar-refractivity contribution in [2.45, 2.75) is 19.3 Å². The fourth-order valence-corrected chi connectivity index (χ4v) is 2.03. The van der Waals surface area contributed by atoms with Crippen LogP contribution in [-0.2, 0) is 18.3 Å². The molecule has 2 heterocycles. The highest BCUT2D eigenvalue weighted by Gasteiger charge is 2.21. The maximum atomic E-state index is 11.8. The van der Waals surface area contributed by atoms with Crippen molar-refractivity contribution in [1.29, 1.82) is 0 Å². The van der Waals surface area contributed by atoms with Gasteiger partial charge < -0.3 is 5.32 Å². The number of nitrogens with one attached hydrogen (secondary N) is 1. The van der Waals surface area contributed by atoms with E-state index in [4.69, 9.17) is 0 Å². The highest BCUT2D eigenvalue weighted by Crippen LogP contribution is 2.12. The van der Waals surface area contributed by atoms with Gasteiger partial charge in [0.15, 0.2) is 0 Å². The number of carbonyl (C=O) groups excluding carboxylic acids is 1. The first kappa shape index (κ1) is 10.4. The summed E-state index contributed by atoms with van der Waals surface area (Å²) >= 11 is 0. The van der Waals surface area contributed by atoms with Gasteiger partial charge in [-0.3, -0.25) is 9.48 Å². The van der Waals surface area contributed by atoms with Gasteiger partial charge in [0.2, 0.25) is 0 Å². The molecule has 82 valence electrons. The Balaban J connectivity index is 1.83. The number of nitrogens with zero attached hydrogens (tertiary/aromatic N) is 2. The number of hydrogen-bond acceptors (Lipinski definition) is 3. The van der Waals surface area contributed by atoms with Crippen LogP contribution in [0.15, 0.2) is 12.3 Å². The van der Waals surface area contributed by atoms with Gasteiger partial charge in [0.05, 0.1) is 0 Å². The first-order valence-electron chi connectivity index (χ1n) is 5.47. The zero-order valence-electron chi connectivity index (χ0n) is 9.07. The predicted molar refractivity (Wildman–Crippen MR) is 57.5 cm³/mol. The lowest BCUT2D eigenvalue weighted by molar-refractivity contribution is -0.122. The van der Waals surface area contributed by atoms with Crippen molar-refractivity contribution in [2.75, 3.05) is 13.1 Å². The van der Waals surface area contributed by atoms with E-state index in [2.05, 4.69) is 10.4 Å². The van der Waals surface area contributed by atoms with E-state index in [0.717, 1.165) is 31.6 Å². The van der Waals surface area contributed by atoms with Gasteiger partial charge in [-0.05, 0) is 25.5 Å². The summed E-state index contributed by atoms with van der Waals surface area (Å²) in [5.74, 6) is 0.638. The number of rotatable bonds is 4. The summed E-state index contributed by atoms with van der Waals surface area (Å²) in [5.41, 5.74) is 1.13. The standard InChI is InChI=1S/C11H17N3O/c1-14-10(5-7-13-14)2-3-11(15)9-4-6-12-8-9/h5,7,9,12H,2-4,6,8H2,1H3. The normalized spacial score (nSPS) is 20.7. The van der Waals surface area contributed by atoms with Crippen molar-refractivity contribution in [3.05, 3.63) is 18.0 Å². The van der Waals surface area contributed by atoms with Gasteiger partial charge in [0.1, 0.15) is 5.78 Å². The van der Waals surface area contributed by atoms with Crippen molar-refractivity contribution in [3.63, 3.8) is 0 Å². The van der Waals surface area contributed by atoms with Crippen molar-refractivity contribution in [1.82, 2.24) is 15.1 Å². The highest BCUT2D eigenvalue weighted by atomic mass is 16.1. The van der Waals surface area contributed by atoms with Crippen LogP contribution in [0.5, 0.6) is 0 Å². The Bertz CT molecular complexity index is 339. The summed E-state index contributed by atoms with van der Waals surface area (Å²) in [6.07, 6.45) is 4.23. The van der Waals surface area contributed by atoms with Gasteiger partial charge in [-0.15, -0.1) is 0 Å². The van der Waals surface area contributed by atoms with Gasteiger partial charge in [0.25, 0.3) is 0 Å². The number of aryl methyl sites for hydroxylation is 2. The minimum absolute atomic E-state index is 0.248. The van der Waals surface area contributed by atoms with Crippen molar-refractivity contribution in [3.8, 4) is 0 Å². The summed E-state index contributed by atoms with van der Waals surface area (Å²) in [7, 11) is 1.91. The second-order valence-electron chi connectivity index (χ2n) is 4.10. The molecule has 4 nitrogen and oxygen atoms in total. The number of ketones is 1. The molecule has 0 aromatic carbocycles. The molecule has 1 aromatic rings. The molecule has 0 aliphatic carbocycles. The average molecular weight is 207 g/mol. The molecular weight excluding hydrogens is 190 g/mol. The van der Waals surface area contributed by atoms with Gasteiger partial charge in [-0.25, -0.2) is 0 Å². The third kappa shape index (κ3) is 2.45. The Morgan fingerprint density at radius 3 is 3.20 bits per heavy atom. The summed E-state index contributed by atoms with van der Waals surface area (Å²) in [6.45, 7) is 1.85. The molecule has 1 fully saturated rings. The van der Waals surface area contributed by atoms with Crippen LogP contribution in [0.4, 0.5) is 0 Å². The second kappa shape index (κ2) is 4.57. The number of aromatic nitrogens is 2. The molecule has 1 unspecified atom stereocenters. The number of carbonyl (C=O) groups is 1. The fraction of sp³-hybridized carbons (Fsp3) is 0.636. The molecule has 0 amide bonds. The molecule has 15 heavy (non-hydrogen) atoms. The van der Waals surface area contributed by atoms with E-state index in [-0.39, 0.29) is 5.92 Å². The Morgan fingerprint density at radius 1 is 1.73 bits per heavy atom. The smallest absolute Gasteiger partial charge is 0.137 e. The van der Waals surface area contributed by atoms with Crippen molar-refractivity contribution < 1.29 is 4.79 Å². The summed E-state index contributed by atoms with van der Waals surface area (Å²) in [5, 5.41) is 7.30. The minimum atomic E-state index is 0.248. The predicted octanol–water partition coefficient (Wildman–Crippen LogP) is 0.531. The lowest BCUT2D eigenvalue weighted by atomic mass is 9.99. The van der Waals surface area contributed by atoms with E-state index in [1.807, 2.05) is 17.8 Å². The fourth-order valence-electron chi connectivity index (χ4n) is 2.03. The largest absolute Gasteiger partial charge is 0.316 e. The Kier molecular flexibility index (Phi) is 3.16. The van der Waals surface area contributed by atoms with Gasteiger partial charge in [-0.1, -0.05) is 0 Å². The molecule has 1 atom stereocenters. The molecule has 1 saturated heterocycles. The van der Waals surface area contributed by atoms with E-state index in [1.54, 1.807) is 6.20 Å². The van der Waals surface area contributed by atoms with Crippen LogP contribution in [-0.4, -0.2) is 28.7 Å². The minimum Gasteiger partial charge on any atom is -0.316 e. The van der Waals surface area contributed by atoms with Crippen molar-refractivity contribution in [2.24, 2.45) is 13.0 Å². The zero-order valence-corrected chi connectivity index (χ0v) is 9.07. The molecule has 1 N–H and O–H groups in total. The lowest BCUT2D eigenvalue weighted by Crippen LogP contribution is -2.18. The van der Waals surface area contributed by atoms with E-state index >= 15 is 0 Å². The molecule has 1 aliphatic rings. The van der Waals surface area contributed by atoms with Crippen LogP contribution in [0.2, 0.25) is 0 Å². The molecule has 2 rings (SSSR count). The summed E-state index contributed by atoms with van der Waals surface area (Å²) in [4.78, 5) is 11.8. The van der Waals surface area contributed by atoms with Crippen LogP contribution in [0.1, 0.15) is 18.5 Å². The maximum Gasteiger partial charge on any atom is 0.137 e. The Labute approximate surface area is 89.7 Å². The van der Waals surface area contributed by atoms with Gasteiger partial charge in [0, 0.05) is 37.8 Å². The zero-order chi connectivity index (χ0) is 10.7. The summed E-state index contributed by atoms with van der Waals surface area (Å²) in [6, 6.07) is 1.97. The molecule has 4 heteroatoms. The number of Topliss-reactive ketones (excluding diaryl/α,β-unsaturated/α-hetero) is 1. The van der Waals surface area contributed by atoms with Gasteiger partial charge >= 0.3 is 0 Å². The van der Waals surface area contributed by atoms with Crippen LogP contribution >= 0.6 is 0 Å². The molecular formula is C11H17N3O. The van der Waals surface area contributed by atoms with E-state index in [1.165, 1.54) is 0 Å². The monoisotopic (exact) mass is 207 g/mol. The molecule has 0 saturated carbocycles. The SMILES string of the molecule is Cn1nccc1CCC(=O)C1CCNC1. The quantitative estimate of drug-likeness (QED) is 0.783. The number of hydrogen-bond donors (Lipinski definition) is 1. The maximum absolute atomic E-state index is 11.8. The third-order valence-corrected chi connectivity index (χ3v) is 3.07. The molecule has 0 bridgehead atoms. The first-order chi connectivity index (χ1) is 7.27. The van der Waals surface area contributed by atoms with Crippen molar-refractivity contribution >= 4 is 5.78 Å². The molecule has 1 aromatic heterocycles. The van der Waals surface area contributed by atoms with E-state index < -0.39 is 0 Å². The molecule has 0 radical (unpaired) electrons. The van der Waals surface area contributed by atoms with Crippen LogP contribution in [0, 0.1) is 5.92 Å². The molecule has 0 spiro atoms. The Morgan fingerprint density at radius 2 is 2.60 bits per heavy atom. The lowest BCUT2D eigenvalue weighted by Gasteiger charge is -2.06. The summed E-state index contributed by atoms with van der Waals surface area (Å²) < 4.78 is 1.83. The molecule has 1 aliphatic heterocycles. The Hall–Kier alpha value is -1.16. The van der Waals surface area contributed by atoms with Crippen LogP contribution in [0.3, 0.4) is 0 Å². The van der Waals surface area contributed by atoms with Crippen LogP contribution < -0.4 is 5.32 Å². The van der Waals surface area contributed by atoms with E-state index in [0.29, 0.717) is 12.2 Å². The highest BCUT2D eigenvalue weighted by molar-refractivity contribution is 5.81. The third-order valence-electron chi connectivity index (χ3n) is 3.07. The van der Waals surface area contributed by atoms with Gasteiger partial charge in [-0.2, -0.15) is 5.10 Å².